The van der Waals surface area contributed by atoms with Crippen molar-refractivity contribution in [2.75, 3.05) is 18.9 Å². The molecule has 13 nitrogen and oxygen atoms in total. The molecule has 1 aliphatic rings. The van der Waals surface area contributed by atoms with Crippen LogP contribution in [0.25, 0.3) is 11.2 Å². The van der Waals surface area contributed by atoms with Crippen LogP contribution in [0, 0.1) is 0 Å². The maximum absolute atomic E-state index is 16.0. The number of imidazole rings is 1. The van der Waals surface area contributed by atoms with Crippen LogP contribution in [-0.4, -0.2) is 84.2 Å². The molecule has 210 valence electrons. The highest BCUT2D eigenvalue weighted by Gasteiger charge is 2.55. The van der Waals surface area contributed by atoms with Gasteiger partial charge < -0.3 is 35.3 Å². The second-order valence-electron chi connectivity index (χ2n) is 8.40. The summed E-state index contributed by atoms with van der Waals surface area (Å²) >= 11 is 5.78. The number of hydrogen-bond acceptors (Lipinski definition) is 10. The number of rotatable bonds is 9. The van der Waals surface area contributed by atoms with E-state index in [4.69, 9.17) is 26.8 Å². The number of aliphatic carboxylic acids is 2. The first-order valence-electron chi connectivity index (χ1n) is 10.8. The number of nitrogens with two attached hydrogens (primary N) is 1. The molecule has 1 aromatic carbocycles. The van der Waals surface area contributed by atoms with E-state index in [1.165, 1.54) is 0 Å². The largest absolute Gasteiger partial charge is 0.573 e. The molecule has 1 aliphatic heterocycles. The van der Waals surface area contributed by atoms with Crippen molar-refractivity contribution in [2.45, 2.75) is 36.4 Å². The molecule has 0 amide bonds. The van der Waals surface area contributed by atoms with Crippen LogP contribution in [0.4, 0.5) is 23.4 Å². The number of carboxylic acid groups (broad SMARTS) is 2. The van der Waals surface area contributed by atoms with Crippen LogP contribution >= 0.6 is 11.6 Å². The Morgan fingerprint density at radius 3 is 2.59 bits per heavy atom. The van der Waals surface area contributed by atoms with Gasteiger partial charge in [0.2, 0.25) is 11.1 Å². The predicted octanol–water partition coefficient (Wildman–Crippen LogP) is 1.51. The number of aliphatic hydroxyl groups is 1. The number of hydrogen-bond donors (Lipinski definition) is 4. The van der Waals surface area contributed by atoms with Crippen LogP contribution in [0.3, 0.4) is 0 Å². The molecule has 2 aromatic heterocycles. The van der Waals surface area contributed by atoms with E-state index >= 15 is 4.39 Å². The van der Waals surface area contributed by atoms with Gasteiger partial charge >= 0.3 is 18.3 Å². The summed E-state index contributed by atoms with van der Waals surface area (Å²) in [6, 6.07) is 3.96. The molecule has 18 heteroatoms. The smallest absolute Gasteiger partial charge is 0.479 e. The SMILES string of the molecule is Nc1nc(Cl)nc2c1ncn2[C@]1(F)CO[C@H](COC(Cc2cccc(OC(F)(F)F)c2)(C(=O)O)C(=O)O)[C@H]1O. The van der Waals surface area contributed by atoms with E-state index in [0.717, 1.165) is 35.2 Å². The number of nitrogens with zero attached hydrogens (tertiary/aromatic N) is 4. The standard InChI is InChI=1S/C21H18ClF4N5O8/c22-18-29-14(27)12-15(30-18)31(8-28-12)20(23)7-37-11(13(20)32)6-38-19(16(33)34,17(35)36)5-9-2-1-3-10(4-9)39-21(24,25)26/h1-4,8,11,13,32H,5-7H2,(H,33,34)(H,35,36)(H2,27,29,30)/t11-,13-,20-/m1/s1. The first-order valence-corrected chi connectivity index (χ1v) is 11.1. The summed E-state index contributed by atoms with van der Waals surface area (Å²) in [5.74, 6) is -7.67. The van der Waals surface area contributed by atoms with Gasteiger partial charge in [-0.2, -0.15) is 9.97 Å². The molecule has 1 fully saturated rings. The average Bonchev–Trinajstić information content (AvgIpc) is 3.37. The van der Waals surface area contributed by atoms with E-state index in [1.807, 2.05) is 0 Å². The predicted molar refractivity (Wildman–Crippen MR) is 120 cm³/mol. The highest BCUT2D eigenvalue weighted by Crippen LogP contribution is 2.37. The normalized spacial score (nSPS) is 21.8. The highest BCUT2D eigenvalue weighted by atomic mass is 35.5. The van der Waals surface area contributed by atoms with E-state index in [2.05, 4.69) is 19.7 Å². The van der Waals surface area contributed by atoms with Crippen molar-refractivity contribution in [1.29, 1.82) is 0 Å². The number of nitrogen functional groups attached to an aromatic ring is 1. The molecule has 0 unspecified atom stereocenters. The third kappa shape index (κ3) is 5.38. The summed E-state index contributed by atoms with van der Waals surface area (Å²) in [4.78, 5) is 35.5. The number of halogens is 5. The topological polar surface area (TPSA) is 192 Å². The minimum atomic E-state index is -5.05. The maximum atomic E-state index is 16.0. The number of carboxylic acids is 2. The van der Waals surface area contributed by atoms with Crippen LogP contribution in [0.2, 0.25) is 5.28 Å². The van der Waals surface area contributed by atoms with Crippen molar-refractivity contribution in [3.8, 4) is 5.75 Å². The Labute approximate surface area is 219 Å². The van der Waals surface area contributed by atoms with Gasteiger partial charge in [-0.3, -0.25) is 4.57 Å². The zero-order valence-electron chi connectivity index (χ0n) is 19.3. The lowest BCUT2D eigenvalue weighted by molar-refractivity contribution is -0.274. The van der Waals surface area contributed by atoms with Crippen molar-refractivity contribution >= 4 is 40.5 Å². The molecule has 3 heterocycles. The minimum absolute atomic E-state index is 0.0316. The molecule has 3 atom stereocenters. The van der Waals surface area contributed by atoms with E-state index in [-0.39, 0.29) is 27.8 Å². The molecule has 1 saturated heterocycles. The van der Waals surface area contributed by atoms with Gasteiger partial charge in [-0.15, -0.1) is 13.2 Å². The number of alkyl halides is 4. The second kappa shape index (κ2) is 10.1. The molecular weight excluding hydrogens is 562 g/mol. The third-order valence-electron chi connectivity index (χ3n) is 5.87. The van der Waals surface area contributed by atoms with Crippen molar-refractivity contribution in [3.05, 3.63) is 41.4 Å². The van der Waals surface area contributed by atoms with E-state index in [9.17, 15) is 38.1 Å². The molecule has 3 aromatic rings. The number of aromatic nitrogens is 4. The van der Waals surface area contributed by atoms with Gasteiger partial charge in [0.1, 0.15) is 30.1 Å². The number of ether oxygens (including phenoxy) is 3. The molecule has 39 heavy (non-hydrogen) atoms. The van der Waals surface area contributed by atoms with E-state index in [0.29, 0.717) is 0 Å². The van der Waals surface area contributed by atoms with E-state index < -0.39 is 67.3 Å². The van der Waals surface area contributed by atoms with Gasteiger partial charge in [0.05, 0.1) is 12.9 Å². The monoisotopic (exact) mass is 579 g/mol. The second-order valence-corrected chi connectivity index (χ2v) is 8.74. The van der Waals surface area contributed by atoms with Crippen LogP contribution < -0.4 is 10.5 Å². The van der Waals surface area contributed by atoms with Crippen molar-refractivity contribution in [2.24, 2.45) is 0 Å². The summed E-state index contributed by atoms with van der Waals surface area (Å²) in [6.45, 7) is -1.77. The number of fused-ring (bicyclic) bond motifs is 1. The Hall–Kier alpha value is -3.80. The maximum Gasteiger partial charge on any atom is 0.573 e. The third-order valence-corrected chi connectivity index (χ3v) is 6.04. The van der Waals surface area contributed by atoms with Gasteiger partial charge in [-0.25, -0.2) is 19.0 Å². The Morgan fingerprint density at radius 1 is 1.26 bits per heavy atom. The lowest BCUT2D eigenvalue weighted by Crippen LogP contribution is -2.53. The van der Waals surface area contributed by atoms with Gasteiger partial charge in [0.15, 0.2) is 11.5 Å². The Kier molecular flexibility index (Phi) is 7.28. The number of carbonyl (C=O) groups is 2. The van der Waals surface area contributed by atoms with Gasteiger partial charge in [-0.1, -0.05) is 12.1 Å². The lowest BCUT2D eigenvalue weighted by Gasteiger charge is -2.29. The quantitative estimate of drug-likeness (QED) is 0.162. The first kappa shape index (κ1) is 28.2. The number of benzene rings is 1. The molecule has 0 radical (unpaired) electrons. The minimum Gasteiger partial charge on any atom is -0.479 e. The van der Waals surface area contributed by atoms with E-state index in [1.54, 1.807) is 0 Å². The fourth-order valence-electron chi connectivity index (χ4n) is 3.98. The molecule has 4 rings (SSSR count). The summed E-state index contributed by atoms with van der Waals surface area (Å²) in [5.41, 5.74) is 2.23. The molecular formula is C21H18ClF4N5O8. The van der Waals surface area contributed by atoms with Crippen LogP contribution in [-0.2, 0) is 31.3 Å². The number of anilines is 1. The van der Waals surface area contributed by atoms with Crippen LogP contribution in [0.5, 0.6) is 5.75 Å². The highest BCUT2D eigenvalue weighted by molar-refractivity contribution is 6.28. The zero-order chi connectivity index (χ0) is 28.8. The van der Waals surface area contributed by atoms with Crippen molar-refractivity contribution in [3.63, 3.8) is 0 Å². The van der Waals surface area contributed by atoms with Crippen LogP contribution in [0.15, 0.2) is 30.6 Å². The Balaban J connectivity index is 1.57. The summed E-state index contributed by atoms with van der Waals surface area (Å²) < 4.78 is 68.7. The van der Waals surface area contributed by atoms with Crippen molar-refractivity contribution < 1.29 is 56.7 Å². The van der Waals surface area contributed by atoms with Crippen LogP contribution in [0.1, 0.15) is 5.56 Å². The molecule has 0 bridgehead atoms. The van der Waals surface area contributed by atoms with Gasteiger partial charge in [0, 0.05) is 6.42 Å². The number of aliphatic hydroxyl groups excluding tert-OH is 1. The van der Waals surface area contributed by atoms with Gasteiger partial charge in [-0.05, 0) is 29.3 Å². The Bertz CT molecular complexity index is 1410. The molecule has 0 saturated carbocycles. The summed E-state index contributed by atoms with van der Waals surface area (Å²) in [7, 11) is 0. The molecule has 5 N–H and O–H groups in total. The zero-order valence-corrected chi connectivity index (χ0v) is 20.1. The lowest BCUT2D eigenvalue weighted by atomic mass is 9.94. The molecule has 0 aliphatic carbocycles. The summed E-state index contributed by atoms with van der Waals surface area (Å²) in [5, 5.41) is 29.9. The first-order chi connectivity index (χ1) is 18.2. The summed E-state index contributed by atoms with van der Waals surface area (Å²) in [6.07, 6.45) is -8.72. The van der Waals surface area contributed by atoms with Gasteiger partial charge in [0.25, 0.3) is 5.60 Å². The molecule has 0 spiro atoms. The Morgan fingerprint density at radius 2 is 1.95 bits per heavy atom. The fraction of sp³-hybridized carbons (Fsp3) is 0.381. The fourth-order valence-corrected chi connectivity index (χ4v) is 4.16. The van der Waals surface area contributed by atoms with Crippen molar-refractivity contribution in [1.82, 2.24) is 19.5 Å². The average molecular weight is 580 g/mol.